The Hall–Kier alpha value is -0.670. The van der Waals surface area contributed by atoms with E-state index in [1.807, 2.05) is 11.4 Å². The number of aliphatic hydroxyl groups excluding tert-OH is 1. The molecule has 0 saturated carbocycles. The van der Waals surface area contributed by atoms with E-state index in [1.165, 1.54) is 37.0 Å². The zero-order chi connectivity index (χ0) is 12.5. The summed E-state index contributed by atoms with van der Waals surface area (Å²) in [5.74, 6) is -0.117. The Kier molecular flexibility index (Phi) is 7.13. The number of Topliss-reactive ketones (excluding diaryl/α,β-unsaturated/α-hetero) is 1. The molecule has 0 aliphatic rings. The van der Waals surface area contributed by atoms with Gasteiger partial charge in [-0.2, -0.15) is 0 Å². The summed E-state index contributed by atoms with van der Waals surface area (Å²) < 4.78 is 0. The van der Waals surface area contributed by atoms with Crippen LogP contribution in [0, 0.1) is 0 Å². The molecule has 3 heteroatoms. The van der Waals surface area contributed by atoms with E-state index in [0.717, 1.165) is 12.8 Å². The highest BCUT2D eigenvalue weighted by Crippen LogP contribution is 2.15. The number of carbonyl (C=O) groups excluding carboxylic acids is 1. The van der Waals surface area contributed by atoms with Gasteiger partial charge in [0.05, 0.1) is 4.88 Å². The van der Waals surface area contributed by atoms with Crippen molar-refractivity contribution in [3.8, 4) is 0 Å². The first-order valence-electron chi connectivity index (χ1n) is 6.51. The molecule has 1 atom stereocenters. The number of ketones is 1. The zero-order valence-electron chi connectivity index (χ0n) is 10.5. The van der Waals surface area contributed by atoms with Crippen molar-refractivity contribution >= 4 is 17.1 Å². The van der Waals surface area contributed by atoms with Gasteiger partial charge in [-0.15, -0.1) is 11.3 Å². The number of hydrogen-bond acceptors (Lipinski definition) is 3. The molecule has 1 N–H and O–H groups in total. The minimum Gasteiger partial charge on any atom is -0.385 e. The van der Waals surface area contributed by atoms with Crippen LogP contribution in [-0.4, -0.2) is 17.0 Å². The molecule has 1 aromatic heterocycles. The molecule has 0 bridgehead atoms. The summed E-state index contributed by atoms with van der Waals surface area (Å²) in [5, 5.41) is 11.6. The van der Waals surface area contributed by atoms with E-state index in [4.69, 9.17) is 0 Å². The molecule has 96 valence electrons. The maximum atomic E-state index is 11.7. The van der Waals surface area contributed by atoms with Gasteiger partial charge in [0.25, 0.3) is 0 Å². The highest BCUT2D eigenvalue weighted by Gasteiger charge is 2.17. The number of rotatable bonds is 9. The summed E-state index contributed by atoms with van der Waals surface area (Å²) in [6, 6.07) is 3.62. The smallest absolute Gasteiger partial charge is 0.201 e. The van der Waals surface area contributed by atoms with Crippen molar-refractivity contribution in [1.82, 2.24) is 0 Å². The number of thiophene rings is 1. The molecule has 1 heterocycles. The highest BCUT2D eigenvalue weighted by atomic mass is 32.1. The molecule has 0 aliphatic carbocycles. The minimum absolute atomic E-state index is 0.117. The second-order valence-corrected chi connectivity index (χ2v) is 5.36. The van der Waals surface area contributed by atoms with E-state index in [9.17, 15) is 9.90 Å². The van der Waals surface area contributed by atoms with E-state index in [-0.39, 0.29) is 5.78 Å². The van der Waals surface area contributed by atoms with Crippen LogP contribution in [0.25, 0.3) is 0 Å². The highest BCUT2D eigenvalue weighted by molar-refractivity contribution is 7.12. The Morgan fingerprint density at radius 3 is 2.65 bits per heavy atom. The summed E-state index contributed by atoms with van der Waals surface area (Å²) in [4.78, 5) is 12.4. The number of carbonyl (C=O) groups is 1. The monoisotopic (exact) mass is 254 g/mol. The van der Waals surface area contributed by atoms with Crippen molar-refractivity contribution in [1.29, 1.82) is 0 Å². The second-order valence-electron chi connectivity index (χ2n) is 4.41. The molecule has 2 nitrogen and oxygen atoms in total. The standard InChI is InChI=1S/C14H22O2S/c1-2-3-4-5-6-7-9-12(15)14(16)13-10-8-11-17-13/h8,10-12,15H,2-7,9H2,1H3. The molecule has 0 fully saturated rings. The fraction of sp³-hybridized carbons (Fsp3) is 0.643. The number of unbranched alkanes of at least 4 members (excludes halogenated alkanes) is 5. The quantitative estimate of drug-likeness (QED) is 0.533. The fourth-order valence-electron chi connectivity index (χ4n) is 1.83. The van der Waals surface area contributed by atoms with Gasteiger partial charge in [-0.1, -0.05) is 51.5 Å². The molecule has 0 radical (unpaired) electrons. The van der Waals surface area contributed by atoms with E-state index >= 15 is 0 Å². The van der Waals surface area contributed by atoms with Crippen LogP contribution in [0.15, 0.2) is 17.5 Å². The zero-order valence-corrected chi connectivity index (χ0v) is 11.3. The Labute approximate surface area is 108 Å². The van der Waals surface area contributed by atoms with Gasteiger partial charge in [0.15, 0.2) is 0 Å². The maximum Gasteiger partial charge on any atom is 0.201 e. The van der Waals surface area contributed by atoms with Crippen LogP contribution in [0.1, 0.15) is 61.5 Å². The van der Waals surface area contributed by atoms with Gasteiger partial charge in [0, 0.05) is 0 Å². The molecular formula is C14H22O2S. The Morgan fingerprint density at radius 2 is 2.00 bits per heavy atom. The first-order valence-corrected chi connectivity index (χ1v) is 7.39. The molecule has 17 heavy (non-hydrogen) atoms. The van der Waals surface area contributed by atoms with E-state index < -0.39 is 6.10 Å². The van der Waals surface area contributed by atoms with Gasteiger partial charge in [0.2, 0.25) is 5.78 Å². The van der Waals surface area contributed by atoms with Gasteiger partial charge in [0.1, 0.15) is 6.10 Å². The van der Waals surface area contributed by atoms with Crippen molar-refractivity contribution in [2.45, 2.75) is 58.0 Å². The number of aliphatic hydroxyl groups is 1. The summed E-state index contributed by atoms with van der Waals surface area (Å²) >= 11 is 1.40. The van der Waals surface area contributed by atoms with Gasteiger partial charge in [-0.05, 0) is 17.9 Å². The topological polar surface area (TPSA) is 37.3 Å². The van der Waals surface area contributed by atoms with Crippen LogP contribution >= 0.6 is 11.3 Å². The van der Waals surface area contributed by atoms with E-state index in [2.05, 4.69) is 6.92 Å². The fourth-order valence-corrected chi connectivity index (χ4v) is 2.55. The molecule has 0 spiro atoms. The molecule has 1 unspecified atom stereocenters. The van der Waals surface area contributed by atoms with E-state index in [1.54, 1.807) is 6.07 Å². The second kappa shape index (κ2) is 8.43. The van der Waals surface area contributed by atoms with Crippen LogP contribution in [0.5, 0.6) is 0 Å². The van der Waals surface area contributed by atoms with Gasteiger partial charge in [-0.25, -0.2) is 0 Å². The van der Waals surface area contributed by atoms with Crippen LogP contribution in [0.2, 0.25) is 0 Å². The lowest BCUT2D eigenvalue weighted by atomic mass is 10.0. The van der Waals surface area contributed by atoms with Crippen molar-refractivity contribution in [2.75, 3.05) is 0 Å². The summed E-state index contributed by atoms with van der Waals surface area (Å²) in [5.41, 5.74) is 0. The van der Waals surface area contributed by atoms with Crippen LogP contribution < -0.4 is 0 Å². The lowest BCUT2D eigenvalue weighted by Crippen LogP contribution is -2.19. The maximum absolute atomic E-state index is 11.7. The molecular weight excluding hydrogens is 232 g/mol. The van der Waals surface area contributed by atoms with Gasteiger partial charge in [-0.3, -0.25) is 4.79 Å². The lowest BCUT2D eigenvalue weighted by Gasteiger charge is -2.07. The number of hydrogen-bond donors (Lipinski definition) is 1. The van der Waals surface area contributed by atoms with Crippen molar-refractivity contribution in [3.05, 3.63) is 22.4 Å². The first-order chi connectivity index (χ1) is 8.25. The summed E-state index contributed by atoms with van der Waals surface area (Å²) in [6.45, 7) is 2.20. The third-order valence-corrected chi connectivity index (χ3v) is 3.78. The minimum atomic E-state index is -0.806. The van der Waals surface area contributed by atoms with Gasteiger partial charge >= 0.3 is 0 Å². The molecule has 0 saturated heterocycles. The SMILES string of the molecule is CCCCCCCCC(O)C(=O)c1cccs1. The van der Waals surface area contributed by atoms with E-state index in [0.29, 0.717) is 11.3 Å². The largest absolute Gasteiger partial charge is 0.385 e. The average Bonchev–Trinajstić information content (AvgIpc) is 2.86. The van der Waals surface area contributed by atoms with Crippen LogP contribution in [0.4, 0.5) is 0 Å². The van der Waals surface area contributed by atoms with Crippen molar-refractivity contribution in [2.24, 2.45) is 0 Å². The normalized spacial score (nSPS) is 12.6. The molecule has 0 aromatic carbocycles. The lowest BCUT2D eigenvalue weighted by molar-refractivity contribution is 0.0729. The van der Waals surface area contributed by atoms with Crippen LogP contribution in [-0.2, 0) is 0 Å². The first kappa shape index (κ1) is 14.4. The van der Waals surface area contributed by atoms with Crippen molar-refractivity contribution < 1.29 is 9.90 Å². The van der Waals surface area contributed by atoms with Crippen LogP contribution in [0.3, 0.4) is 0 Å². The molecule has 0 aliphatic heterocycles. The Morgan fingerprint density at radius 1 is 1.29 bits per heavy atom. The average molecular weight is 254 g/mol. The summed E-state index contributed by atoms with van der Waals surface area (Å²) in [6.07, 6.45) is 6.88. The third kappa shape index (κ3) is 5.46. The molecule has 0 amide bonds. The Balaban J connectivity index is 2.13. The summed E-state index contributed by atoms with van der Waals surface area (Å²) in [7, 11) is 0. The predicted octanol–water partition coefficient (Wildman–Crippen LogP) is 4.04. The molecule has 1 rings (SSSR count). The Bertz CT molecular complexity index is 306. The third-order valence-electron chi connectivity index (χ3n) is 2.90. The van der Waals surface area contributed by atoms with Gasteiger partial charge < -0.3 is 5.11 Å². The molecule has 1 aromatic rings. The predicted molar refractivity (Wildman–Crippen MR) is 72.6 cm³/mol. The van der Waals surface area contributed by atoms with Crippen molar-refractivity contribution in [3.63, 3.8) is 0 Å².